The minimum Gasteiger partial charge on any atom is -0.508 e. The first-order valence-corrected chi connectivity index (χ1v) is 25.5. The molecule has 0 aliphatic carbocycles. The van der Waals surface area contributed by atoms with Crippen LogP contribution in [0.4, 0.5) is 22.7 Å². The van der Waals surface area contributed by atoms with Crippen LogP contribution >= 0.6 is 46.6 Å². The third-order valence-electron chi connectivity index (χ3n) is 8.72. The van der Waals surface area contributed by atoms with Gasteiger partial charge in [0.1, 0.15) is 28.7 Å². The summed E-state index contributed by atoms with van der Waals surface area (Å²) in [7, 11) is 0. The molecular weight excluding hydrogens is 1160 g/mol. The second kappa shape index (κ2) is 36.1. The highest BCUT2D eigenvalue weighted by atomic mass is 127. The smallest absolute Gasteiger partial charge is 0.335 e. The number of aromatic hydroxyl groups is 5. The highest BCUT2D eigenvalue weighted by Crippen LogP contribution is 2.24. The molecule has 22 N–H and O–H groups in total. The Hall–Kier alpha value is -8.00. The zero-order valence-electron chi connectivity index (χ0n) is 41.7. The van der Waals surface area contributed by atoms with Crippen LogP contribution in [0.2, 0.25) is 0 Å². The number of aliphatic hydroxyl groups excluding tert-OH is 2. The normalized spacial score (nSPS) is 11.9. The lowest BCUT2D eigenvalue weighted by Gasteiger charge is -2.20. The predicted molar refractivity (Wildman–Crippen MR) is 306 cm³/mol. The molecule has 0 bridgehead atoms. The van der Waals surface area contributed by atoms with Crippen molar-refractivity contribution in [2.75, 3.05) is 54.1 Å². The van der Waals surface area contributed by atoms with Crippen molar-refractivity contribution >= 4 is 115 Å². The number of aliphatic imine (C=N–C) groups is 2. The molecular formula is C49H61IN8O17S2. The van der Waals surface area contributed by atoms with Gasteiger partial charge in [0.05, 0.1) is 57.3 Å². The maximum atomic E-state index is 10.8. The monoisotopic (exact) mass is 1220 g/mol. The van der Waals surface area contributed by atoms with Gasteiger partial charge in [-0.15, -0.1) is 11.8 Å². The van der Waals surface area contributed by atoms with E-state index in [9.17, 15) is 44.4 Å². The van der Waals surface area contributed by atoms with E-state index >= 15 is 0 Å². The Morgan fingerprint density at radius 1 is 0.662 bits per heavy atom. The van der Waals surface area contributed by atoms with Crippen LogP contribution in [0.25, 0.3) is 0 Å². The van der Waals surface area contributed by atoms with Gasteiger partial charge < -0.3 is 94.8 Å². The van der Waals surface area contributed by atoms with Crippen molar-refractivity contribution in [2.24, 2.45) is 21.5 Å². The minimum atomic E-state index is -1.12. The van der Waals surface area contributed by atoms with E-state index in [0.717, 1.165) is 33.7 Å². The van der Waals surface area contributed by atoms with Gasteiger partial charge in [-0.25, -0.2) is 29.0 Å². The molecule has 5 aromatic carbocycles. The highest BCUT2D eigenvalue weighted by Gasteiger charge is 2.14. The third-order valence-corrected chi connectivity index (χ3v) is 9.55. The number of β-amino-alcohol motifs (C(OH)–C–C–N with tert-alkyl or cyclic N) is 1. The molecule has 1 aliphatic heterocycles. The Labute approximate surface area is 464 Å². The number of thiocarbonyl (C=S) groups is 1. The van der Waals surface area contributed by atoms with E-state index in [1.807, 2.05) is 18.1 Å². The van der Waals surface area contributed by atoms with Crippen LogP contribution in [-0.2, 0) is 6.42 Å². The van der Waals surface area contributed by atoms with Crippen molar-refractivity contribution in [3.8, 4) is 28.7 Å². The van der Waals surface area contributed by atoms with Crippen molar-refractivity contribution in [1.82, 2.24) is 5.32 Å². The van der Waals surface area contributed by atoms with Crippen molar-refractivity contribution in [2.45, 2.75) is 32.5 Å². The van der Waals surface area contributed by atoms with Gasteiger partial charge in [0.2, 0.25) is 0 Å². The Bertz CT molecular complexity index is 2750. The Morgan fingerprint density at radius 3 is 1.42 bits per heavy atom. The lowest BCUT2D eigenvalue weighted by Crippen LogP contribution is -2.42. The maximum absolute atomic E-state index is 10.8. The molecule has 418 valence electrons. The molecule has 1 unspecified atom stereocenters. The first-order chi connectivity index (χ1) is 36.0. The van der Waals surface area contributed by atoms with Gasteiger partial charge in [-0.05, 0) is 102 Å². The number of thioether (sulfide) groups is 1. The average Bonchev–Trinajstić information content (AvgIpc) is 3.34. The summed E-state index contributed by atoms with van der Waals surface area (Å²) < 4.78 is 0. The first-order valence-electron chi connectivity index (χ1n) is 21.7. The van der Waals surface area contributed by atoms with E-state index < -0.39 is 42.1 Å². The molecule has 6 rings (SSSR count). The molecule has 5 aromatic rings. The Morgan fingerprint density at radius 2 is 1.05 bits per heavy atom. The number of phenols is 5. The molecule has 77 heavy (non-hydrogen) atoms. The number of alkyl halides is 1. The SMILES string of the molecule is CC(=S)Cc1cc(O)cc(C(=O)O)c1.CI.CSC(C)=Nc1cc(O)cc(C(=O)O)c1.NCC(O)CN.Nc1cc(O)cc(C(=O)O)c1.Nc1cc(O)cc(C(=O)O)c1.O=C(O)c1cc(O)cc(NC2=NCC(O)CN2)c1. The fourth-order valence-corrected chi connectivity index (χ4v) is 5.73. The van der Waals surface area contributed by atoms with E-state index in [1.165, 1.54) is 84.6 Å². The summed E-state index contributed by atoms with van der Waals surface area (Å²) in [5.41, 5.74) is 22.6. The molecule has 0 fully saturated rings. The number of carbonyl (C=O) groups is 5. The number of hydrogen-bond donors (Lipinski definition) is 18. The number of halogens is 1. The molecule has 1 atom stereocenters. The van der Waals surface area contributed by atoms with Gasteiger partial charge in [0, 0.05) is 67.4 Å². The van der Waals surface area contributed by atoms with E-state index in [1.54, 1.807) is 6.92 Å². The molecule has 0 amide bonds. The number of nitrogens with two attached hydrogens (primary N) is 4. The number of anilines is 3. The molecule has 0 radical (unpaired) electrons. The van der Waals surface area contributed by atoms with E-state index in [2.05, 4.69) is 43.2 Å². The molecule has 25 nitrogen and oxygen atoms in total. The van der Waals surface area contributed by atoms with Crippen molar-refractivity contribution in [1.29, 1.82) is 0 Å². The predicted octanol–water partition coefficient (Wildman–Crippen LogP) is 5.01. The summed E-state index contributed by atoms with van der Waals surface area (Å²) in [4.78, 5) is 63.7. The largest absolute Gasteiger partial charge is 0.508 e. The summed E-state index contributed by atoms with van der Waals surface area (Å²) in [6.45, 7) is 4.76. The van der Waals surface area contributed by atoms with Gasteiger partial charge in [-0.1, -0.05) is 34.8 Å². The van der Waals surface area contributed by atoms with Crippen LogP contribution in [0.5, 0.6) is 28.7 Å². The van der Waals surface area contributed by atoms with Crippen LogP contribution in [0.15, 0.2) is 101 Å². The second-order valence-electron chi connectivity index (χ2n) is 15.2. The standard InChI is InChI=1S/C11H13N3O4.C10H11NO3S.C10H10O3S.2C7H7NO3.C3H10N2O.CH3I/c15-8-2-6(10(17)18)1-7(3-8)14-11-12-4-9(16)5-13-11;1-6(15-2)11-8-3-7(10(13)14)4-9(12)5-8;1-6(14)2-7-3-8(10(12)13)5-9(11)4-7;2*8-5-1-4(7(10)11)2-6(9)3-5;4-1-3(6)2-5;1-2/h1-3,9,15-16H,4-5H2,(H,17,18)(H2,12,13,14);3-5,12H,1-2H3,(H,13,14);3-5,11H,2H2,1H3,(H,12,13);2*1-3,9H,8H2,(H,10,11);3,6H,1-2,4-5H2;1H3. The molecule has 0 spiro atoms. The lowest BCUT2D eigenvalue weighted by molar-refractivity contribution is 0.0685. The van der Waals surface area contributed by atoms with Crippen molar-refractivity contribution in [3.05, 3.63) is 124 Å². The van der Waals surface area contributed by atoms with Crippen LogP contribution in [0.3, 0.4) is 0 Å². The number of nitrogen functional groups attached to an aromatic ring is 2. The number of nitrogens with zero attached hydrogens (tertiary/aromatic N) is 2. The van der Waals surface area contributed by atoms with Crippen molar-refractivity contribution in [3.63, 3.8) is 0 Å². The fraction of sp³-hybridized carbons (Fsp3) is 0.224. The van der Waals surface area contributed by atoms with Gasteiger partial charge >= 0.3 is 29.8 Å². The Balaban J connectivity index is 0.000000914. The molecule has 1 aliphatic rings. The summed E-state index contributed by atoms with van der Waals surface area (Å²) >= 11 is 8.51. The molecule has 1 heterocycles. The van der Waals surface area contributed by atoms with Crippen LogP contribution < -0.4 is 33.6 Å². The number of rotatable bonds is 11. The number of aliphatic hydroxyl groups is 2. The quantitative estimate of drug-likeness (QED) is 0.0206. The zero-order valence-corrected chi connectivity index (χ0v) is 45.4. The van der Waals surface area contributed by atoms with Crippen LogP contribution in [0, 0.1) is 0 Å². The number of aromatic carboxylic acids is 5. The first kappa shape index (κ1) is 69.0. The molecule has 0 aromatic heterocycles. The minimum absolute atomic E-state index is 0.0116. The summed E-state index contributed by atoms with van der Waals surface area (Å²) in [6.07, 6.45) is 1.35. The van der Waals surface area contributed by atoms with Gasteiger partial charge in [0.25, 0.3) is 0 Å². The van der Waals surface area contributed by atoms with Gasteiger partial charge in [-0.2, -0.15) is 0 Å². The molecule has 28 heteroatoms. The number of guanidine groups is 1. The number of nitrogens with one attached hydrogen (secondary N) is 2. The summed E-state index contributed by atoms with van der Waals surface area (Å²) in [6, 6.07) is 19.6. The summed E-state index contributed by atoms with van der Waals surface area (Å²) in [5, 5.41) is 113. The number of phenolic OH excluding ortho intramolecular Hbond substituents is 5. The molecule has 0 saturated heterocycles. The number of carboxylic acid groups (broad SMARTS) is 5. The van der Waals surface area contributed by atoms with Crippen molar-refractivity contribution < 1.29 is 85.3 Å². The van der Waals surface area contributed by atoms with E-state index in [0.29, 0.717) is 30.3 Å². The topological polar surface area (TPSA) is 481 Å². The van der Waals surface area contributed by atoms with Crippen LogP contribution in [0.1, 0.15) is 71.2 Å². The molecule has 0 saturated carbocycles. The maximum Gasteiger partial charge on any atom is 0.335 e. The van der Waals surface area contributed by atoms with Gasteiger partial charge in [-0.3, -0.25) is 4.99 Å². The highest BCUT2D eigenvalue weighted by molar-refractivity contribution is 14.1. The van der Waals surface area contributed by atoms with Crippen LogP contribution in [-0.4, -0.2) is 157 Å². The van der Waals surface area contributed by atoms with Gasteiger partial charge in [0.15, 0.2) is 5.96 Å². The third kappa shape index (κ3) is 29.6. The number of hydrogen-bond acceptors (Lipinski definition) is 22. The Kier molecular flexibility index (Phi) is 32.3. The van der Waals surface area contributed by atoms with E-state index in [-0.39, 0.29) is 87.6 Å². The summed E-state index contributed by atoms with van der Waals surface area (Å²) in [5.74, 6) is -5.59. The second-order valence-corrected chi connectivity index (χ2v) is 16.9. The number of benzene rings is 5. The zero-order chi connectivity index (χ0) is 59.1. The van der Waals surface area contributed by atoms with E-state index in [4.69, 9.17) is 76.0 Å². The fourth-order valence-electron chi connectivity index (χ4n) is 5.37. The number of carboxylic acids is 5. The lowest BCUT2D eigenvalue weighted by atomic mass is 10.1. The average molecular weight is 1230 g/mol.